The van der Waals surface area contributed by atoms with Crippen LogP contribution in [-0.4, -0.2) is 5.97 Å². The minimum Gasteiger partial charge on any atom is -0.427 e. The highest BCUT2D eigenvalue weighted by molar-refractivity contribution is 5.72. The van der Waals surface area contributed by atoms with E-state index in [2.05, 4.69) is 41.5 Å². The molecule has 0 amide bonds. The molecule has 2 nitrogen and oxygen atoms in total. The van der Waals surface area contributed by atoms with Crippen LogP contribution in [0.2, 0.25) is 0 Å². The molecule has 1 aromatic carbocycles. The Kier molecular flexibility index (Phi) is 5.38. The van der Waals surface area contributed by atoms with Crippen molar-refractivity contribution in [3.63, 3.8) is 0 Å². The summed E-state index contributed by atoms with van der Waals surface area (Å²) in [6.45, 7) is 13.0. The molecule has 1 rings (SSSR count). The molecule has 112 valence electrons. The Morgan fingerprint density at radius 1 is 0.950 bits per heavy atom. The summed E-state index contributed by atoms with van der Waals surface area (Å²) in [5, 5.41) is 0. The van der Waals surface area contributed by atoms with Gasteiger partial charge in [-0.3, -0.25) is 4.79 Å². The topological polar surface area (TPSA) is 26.3 Å². The van der Waals surface area contributed by atoms with E-state index in [1.165, 1.54) is 5.56 Å². The monoisotopic (exact) mass is 276 g/mol. The minimum absolute atomic E-state index is 0.150. The fraction of sp³-hybridized carbons (Fsp3) is 0.611. The molecule has 0 aliphatic heterocycles. The molecule has 0 spiro atoms. The second kappa shape index (κ2) is 6.43. The first-order valence-corrected chi connectivity index (χ1v) is 7.35. The maximum absolute atomic E-state index is 11.8. The van der Waals surface area contributed by atoms with E-state index in [1.807, 2.05) is 24.3 Å². The molecule has 0 radical (unpaired) electrons. The summed E-state index contributed by atoms with van der Waals surface area (Å²) in [5.41, 5.74) is 1.70. The average Bonchev–Trinajstić information content (AvgIpc) is 2.26. The van der Waals surface area contributed by atoms with Crippen molar-refractivity contribution < 1.29 is 9.53 Å². The molecule has 0 aliphatic rings. The molecular formula is C18H28O2. The Bertz CT molecular complexity index is 430. The van der Waals surface area contributed by atoms with Crippen LogP contribution < -0.4 is 4.74 Å². The third kappa shape index (κ3) is 7.32. The highest BCUT2D eigenvalue weighted by atomic mass is 16.5. The van der Waals surface area contributed by atoms with Crippen molar-refractivity contribution in [1.29, 1.82) is 0 Å². The maximum atomic E-state index is 11.8. The van der Waals surface area contributed by atoms with Crippen LogP contribution >= 0.6 is 0 Å². The van der Waals surface area contributed by atoms with Gasteiger partial charge >= 0.3 is 5.97 Å². The fourth-order valence-electron chi connectivity index (χ4n) is 1.95. The van der Waals surface area contributed by atoms with Gasteiger partial charge in [-0.1, -0.05) is 53.7 Å². The fourth-order valence-corrected chi connectivity index (χ4v) is 1.95. The molecule has 0 fully saturated rings. The molecule has 2 heteroatoms. The molecule has 0 saturated carbocycles. The first-order valence-electron chi connectivity index (χ1n) is 7.35. The van der Waals surface area contributed by atoms with Gasteiger partial charge in [0.15, 0.2) is 0 Å². The molecule has 0 unspecified atom stereocenters. The number of rotatable bonds is 4. The summed E-state index contributed by atoms with van der Waals surface area (Å²) in [7, 11) is 0. The van der Waals surface area contributed by atoms with E-state index in [9.17, 15) is 4.79 Å². The van der Waals surface area contributed by atoms with Gasteiger partial charge in [0.05, 0.1) is 0 Å². The zero-order valence-electron chi connectivity index (χ0n) is 13.7. The Morgan fingerprint density at radius 2 is 1.50 bits per heavy atom. The molecule has 0 atom stereocenters. The predicted octanol–water partition coefficient (Wildman–Crippen LogP) is 5.01. The Morgan fingerprint density at radius 3 is 1.95 bits per heavy atom. The molecule has 0 saturated heterocycles. The second-order valence-corrected chi connectivity index (χ2v) is 7.92. The van der Waals surface area contributed by atoms with Gasteiger partial charge in [0.25, 0.3) is 0 Å². The van der Waals surface area contributed by atoms with E-state index >= 15 is 0 Å². The van der Waals surface area contributed by atoms with Gasteiger partial charge in [-0.05, 0) is 41.4 Å². The van der Waals surface area contributed by atoms with Crippen molar-refractivity contribution >= 4 is 5.97 Å². The summed E-state index contributed by atoms with van der Waals surface area (Å²) < 4.78 is 5.36. The predicted molar refractivity (Wildman–Crippen MR) is 83.9 cm³/mol. The van der Waals surface area contributed by atoms with Crippen LogP contribution in [-0.2, 0) is 11.2 Å². The molecule has 0 aromatic heterocycles. The minimum atomic E-state index is -0.150. The van der Waals surface area contributed by atoms with Gasteiger partial charge in [-0.25, -0.2) is 0 Å². The molecule has 20 heavy (non-hydrogen) atoms. The van der Waals surface area contributed by atoms with Gasteiger partial charge in [-0.2, -0.15) is 0 Å². The van der Waals surface area contributed by atoms with Crippen LogP contribution in [0.1, 0.15) is 59.9 Å². The maximum Gasteiger partial charge on any atom is 0.311 e. The van der Waals surface area contributed by atoms with Crippen LogP contribution in [0.5, 0.6) is 5.75 Å². The number of carbonyl (C=O) groups is 1. The van der Waals surface area contributed by atoms with Gasteiger partial charge in [0.2, 0.25) is 0 Å². The van der Waals surface area contributed by atoms with Crippen molar-refractivity contribution in [2.24, 2.45) is 10.8 Å². The van der Waals surface area contributed by atoms with Crippen LogP contribution in [0.15, 0.2) is 24.3 Å². The van der Waals surface area contributed by atoms with Gasteiger partial charge < -0.3 is 4.74 Å². The van der Waals surface area contributed by atoms with Gasteiger partial charge in [0.1, 0.15) is 5.75 Å². The van der Waals surface area contributed by atoms with Crippen molar-refractivity contribution in [1.82, 2.24) is 0 Å². The summed E-state index contributed by atoms with van der Waals surface area (Å²) in [6, 6.07) is 7.85. The SMILES string of the molecule is CC(C)(C)CCC(=O)Oc1ccc(CC(C)(C)C)cc1. The van der Waals surface area contributed by atoms with E-state index in [0.29, 0.717) is 12.2 Å². The quantitative estimate of drug-likeness (QED) is 0.571. The lowest BCUT2D eigenvalue weighted by atomic mass is 9.88. The summed E-state index contributed by atoms with van der Waals surface area (Å²) in [5.74, 6) is 0.491. The van der Waals surface area contributed by atoms with Crippen LogP contribution in [0.25, 0.3) is 0 Å². The van der Waals surface area contributed by atoms with Crippen LogP contribution in [0.3, 0.4) is 0 Å². The number of carbonyl (C=O) groups excluding carboxylic acids is 1. The lowest BCUT2D eigenvalue weighted by Gasteiger charge is -2.18. The summed E-state index contributed by atoms with van der Waals surface area (Å²) in [4.78, 5) is 11.8. The van der Waals surface area contributed by atoms with E-state index in [0.717, 1.165) is 12.8 Å². The lowest BCUT2D eigenvalue weighted by Crippen LogP contribution is -2.13. The Balaban J connectivity index is 2.51. The first-order chi connectivity index (χ1) is 9.05. The molecule has 0 aliphatic carbocycles. The molecular weight excluding hydrogens is 248 g/mol. The van der Waals surface area contributed by atoms with Crippen LogP contribution in [0.4, 0.5) is 0 Å². The van der Waals surface area contributed by atoms with Gasteiger partial charge in [-0.15, -0.1) is 0 Å². The largest absolute Gasteiger partial charge is 0.427 e. The van der Waals surface area contributed by atoms with Crippen LogP contribution in [0, 0.1) is 10.8 Å². The Labute approximate surface area is 123 Å². The molecule has 0 bridgehead atoms. The average molecular weight is 276 g/mol. The highest BCUT2D eigenvalue weighted by Crippen LogP contribution is 2.23. The first kappa shape index (κ1) is 16.7. The zero-order chi connectivity index (χ0) is 15.4. The third-order valence-electron chi connectivity index (χ3n) is 2.97. The lowest BCUT2D eigenvalue weighted by molar-refractivity contribution is -0.134. The normalized spacial score (nSPS) is 12.3. The highest BCUT2D eigenvalue weighted by Gasteiger charge is 2.14. The number of hydrogen-bond donors (Lipinski definition) is 0. The number of esters is 1. The van der Waals surface area contributed by atoms with Crippen molar-refractivity contribution in [2.75, 3.05) is 0 Å². The number of hydrogen-bond acceptors (Lipinski definition) is 2. The van der Waals surface area contributed by atoms with E-state index in [-0.39, 0.29) is 16.8 Å². The molecule has 0 N–H and O–H groups in total. The van der Waals surface area contributed by atoms with Crippen molar-refractivity contribution in [3.8, 4) is 5.75 Å². The third-order valence-corrected chi connectivity index (χ3v) is 2.97. The summed E-state index contributed by atoms with van der Waals surface area (Å²) in [6.07, 6.45) is 2.33. The summed E-state index contributed by atoms with van der Waals surface area (Å²) >= 11 is 0. The van der Waals surface area contributed by atoms with Crippen molar-refractivity contribution in [2.45, 2.75) is 60.8 Å². The number of benzene rings is 1. The van der Waals surface area contributed by atoms with E-state index < -0.39 is 0 Å². The zero-order valence-corrected chi connectivity index (χ0v) is 13.7. The van der Waals surface area contributed by atoms with Crippen molar-refractivity contribution in [3.05, 3.63) is 29.8 Å². The van der Waals surface area contributed by atoms with E-state index in [1.54, 1.807) is 0 Å². The number of ether oxygens (including phenoxy) is 1. The second-order valence-electron chi connectivity index (χ2n) is 7.92. The standard InChI is InChI=1S/C18H28O2/c1-17(2,3)12-11-16(19)20-15-9-7-14(8-10-15)13-18(4,5)6/h7-10H,11-13H2,1-6H3. The molecule has 1 aromatic rings. The molecule has 0 heterocycles. The van der Waals surface area contributed by atoms with E-state index in [4.69, 9.17) is 4.74 Å². The Hall–Kier alpha value is -1.31. The smallest absolute Gasteiger partial charge is 0.311 e. The van der Waals surface area contributed by atoms with Gasteiger partial charge in [0, 0.05) is 6.42 Å².